The number of para-hydroxylation sites is 1. The fraction of sp³-hybridized carbons (Fsp3) is 0.381. The summed E-state index contributed by atoms with van der Waals surface area (Å²) in [5.74, 6) is 0.0731. The molecule has 25 heavy (non-hydrogen) atoms. The van der Waals surface area contributed by atoms with Crippen molar-refractivity contribution >= 4 is 11.6 Å². The van der Waals surface area contributed by atoms with Crippen molar-refractivity contribution in [3.05, 3.63) is 66.2 Å². The molecule has 4 heteroatoms. The Balaban J connectivity index is 1.42. The molecule has 4 nitrogen and oxygen atoms in total. The van der Waals surface area contributed by atoms with Crippen LogP contribution in [0, 0.1) is 0 Å². The standard InChI is InChI=1S/C21H27N3O/c1-18(21(25)22-20-10-6-3-7-11-20)24-16-14-23(15-17-24)13-12-19-8-4-2-5-9-19/h2-11,18H,12-17H2,1H3,(H,22,25)/t18-/m0/s1. The molecule has 1 saturated heterocycles. The second-order valence-electron chi connectivity index (χ2n) is 6.64. The van der Waals surface area contributed by atoms with Crippen LogP contribution in [0.4, 0.5) is 5.69 Å². The summed E-state index contributed by atoms with van der Waals surface area (Å²) in [5.41, 5.74) is 2.25. The van der Waals surface area contributed by atoms with Crippen molar-refractivity contribution in [2.45, 2.75) is 19.4 Å². The molecule has 2 aromatic carbocycles. The number of amides is 1. The Kier molecular flexibility index (Phi) is 6.20. The van der Waals surface area contributed by atoms with Gasteiger partial charge in [0.05, 0.1) is 6.04 Å². The van der Waals surface area contributed by atoms with Gasteiger partial charge in [-0.3, -0.25) is 9.69 Å². The number of anilines is 1. The van der Waals surface area contributed by atoms with E-state index < -0.39 is 0 Å². The zero-order valence-corrected chi connectivity index (χ0v) is 14.9. The highest BCUT2D eigenvalue weighted by Crippen LogP contribution is 2.11. The zero-order chi connectivity index (χ0) is 17.5. The van der Waals surface area contributed by atoms with Crippen molar-refractivity contribution in [2.75, 3.05) is 38.0 Å². The van der Waals surface area contributed by atoms with Crippen LogP contribution in [-0.2, 0) is 11.2 Å². The van der Waals surface area contributed by atoms with Crippen LogP contribution in [0.25, 0.3) is 0 Å². The maximum Gasteiger partial charge on any atom is 0.241 e. The summed E-state index contributed by atoms with van der Waals surface area (Å²) in [6.45, 7) is 7.02. The lowest BCUT2D eigenvalue weighted by atomic mass is 10.1. The van der Waals surface area contributed by atoms with Crippen molar-refractivity contribution in [3.8, 4) is 0 Å². The number of nitrogens with zero attached hydrogens (tertiary/aromatic N) is 2. The van der Waals surface area contributed by atoms with Crippen LogP contribution in [0.15, 0.2) is 60.7 Å². The summed E-state index contributed by atoms with van der Waals surface area (Å²) in [6.07, 6.45) is 1.09. The van der Waals surface area contributed by atoms with E-state index in [4.69, 9.17) is 0 Å². The monoisotopic (exact) mass is 337 g/mol. The van der Waals surface area contributed by atoms with Crippen molar-refractivity contribution in [1.29, 1.82) is 0 Å². The van der Waals surface area contributed by atoms with E-state index in [1.807, 2.05) is 37.3 Å². The highest BCUT2D eigenvalue weighted by atomic mass is 16.2. The topological polar surface area (TPSA) is 35.6 Å². The van der Waals surface area contributed by atoms with E-state index >= 15 is 0 Å². The molecular formula is C21H27N3O. The first-order chi connectivity index (χ1) is 12.2. The molecule has 0 spiro atoms. The van der Waals surface area contributed by atoms with Crippen molar-refractivity contribution in [3.63, 3.8) is 0 Å². The first kappa shape index (κ1) is 17.6. The Morgan fingerprint density at radius 3 is 2.20 bits per heavy atom. The molecule has 0 aliphatic carbocycles. The Morgan fingerprint density at radius 1 is 0.960 bits per heavy atom. The summed E-state index contributed by atoms with van der Waals surface area (Å²) >= 11 is 0. The van der Waals surface area contributed by atoms with Crippen LogP contribution in [0.1, 0.15) is 12.5 Å². The van der Waals surface area contributed by atoms with E-state index in [0.29, 0.717) is 0 Å². The third-order valence-electron chi connectivity index (χ3n) is 4.93. The SMILES string of the molecule is C[C@@H](C(=O)Nc1ccccc1)N1CCN(CCc2ccccc2)CC1. The molecule has 1 atom stereocenters. The molecule has 2 aromatic rings. The van der Waals surface area contributed by atoms with Crippen LogP contribution in [0.2, 0.25) is 0 Å². The van der Waals surface area contributed by atoms with Gasteiger partial charge in [0.1, 0.15) is 0 Å². The number of benzene rings is 2. The lowest BCUT2D eigenvalue weighted by Gasteiger charge is -2.37. The fourth-order valence-corrected chi connectivity index (χ4v) is 3.24. The summed E-state index contributed by atoms with van der Waals surface area (Å²) in [7, 11) is 0. The Morgan fingerprint density at radius 2 is 1.56 bits per heavy atom. The molecule has 0 saturated carbocycles. The number of piperazine rings is 1. The van der Waals surface area contributed by atoms with Gasteiger partial charge in [0.15, 0.2) is 0 Å². The molecule has 132 valence electrons. The van der Waals surface area contributed by atoms with E-state index in [1.54, 1.807) is 0 Å². The minimum absolute atomic E-state index is 0.0731. The molecule has 1 amide bonds. The maximum absolute atomic E-state index is 12.4. The summed E-state index contributed by atoms with van der Waals surface area (Å²) in [4.78, 5) is 17.2. The van der Waals surface area contributed by atoms with E-state index in [2.05, 4.69) is 45.4 Å². The van der Waals surface area contributed by atoms with E-state index in [1.165, 1.54) is 5.56 Å². The molecule has 0 radical (unpaired) electrons. The summed E-state index contributed by atoms with van der Waals surface area (Å²) < 4.78 is 0. The Bertz CT molecular complexity index is 651. The van der Waals surface area contributed by atoms with Crippen LogP contribution >= 0.6 is 0 Å². The first-order valence-corrected chi connectivity index (χ1v) is 9.08. The predicted molar refractivity (Wildman–Crippen MR) is 103 cm³/mol. The zero-order valence-electron chi connectivity index (χ0n) is 14.9. The van der Waals surface area contributed by atoms with Gasteiger partial charge in [-0.15, -0.1) is 0 Å². The summed E-state index contributed by atoms with van der Waals surface area (Å²) in [5, 5.41) is 3.00. The fourth-order valence-electron chi connectivity index (χ4n) is 3.24. The number of nitrogens with one attached hydrogen (secondary N) is 1. The van der Waals surface area contributed by atoms with E-state index in [0.717, 1.165) is 44.8 Å². The van der Waals surface area contributed by atoms with Gasteiger partial charge in [0.25, 0.3) is 0 Å². The maximum atomic E-state index is 12.4. The average Bonchev–Trinajstić information content (AvgIpc) is 2.68. The molecule has 1 heterocycles. The lowest BCUT2D eigenvalue weighted by molar-refractivity contribution is -0.121. The number of hydrogen-bond donors (Lipinski definition) is 1. The van der Waals surface area contributed by atoms with E-state index in [-0.39, 0.29) is 11.9 Å². The second kappa shape index (κ2) is 8.79. The second-order valence-corrected chi connectivity index (χ2v) is 6.64. The first-order valence-electron chi connectivity index (χ1n) is 9.08. The van der Waals surface area contributed by atoms with Crippen LogP contribution < -0.4 is 5.32 Å². The molecule has 0 aromatic heterocycles. The molecule has 1 aliphatic rings. The van der Waals surface area contributed by atoms with Gasteiger partial charge in [-0.2, -0.15) is 0 Å². The Hall–Kier alpha value is -2.17. The highest BCUT2D eigenvalue weighted by molar-refractivity contribution is 5.94. The largest absolute Gasteiger partial charge is 0.325 e. The van der Waals surface area contributed by atoms with Gasteiger partial charge in [0.2, 0.25) is 5.91 Å². The minimum atomic E-state index is -0.100. The Labute approximate surface area is 150 Å². The number of carbonyl (C=O) groups excluding carboxylic acids is 1. The van der Waals surface area contributed by atoms with Gasteiger partial charge in [-0.1, -0.05) is 48.5 Å². The molecule has 1 N–H and O–H groups in total. The number of rotatable bonds is 6. The normalized spacial score (nSPS) is 17.2. The third-order valence-corrected chi connectivity index (χ3v) is 4.93. The van der Waals surface area contributed by atoms with Crippen LogP contribution in [-0.4, -0.2) is 54.5 Å². The van der Waals surface area contributed by atoms with Gasteiger partial charge >= 0.3 is 0 Å². The summed E-state index contributed by atoms with van der Waals surface area (Å²) in [6, 6.07) is 20.2. The molecule has 3 rings (SSSR count). The smallest absolute Gasteiger partial charge is 0.241 e. The van der Waals surface area contributed by atoms with E-state index in [9.17, 15) is 4.79 Å². The van der Waals surface area contributed by atoms with Gasteiger partial charge in [0, 0.05) is 38.4 Å². The molecule has 0 bridgehead atoms. The predicted octanol–water partition coefficient (Wildman–Crippen LogP) is 2.87. The van der Waals surface area contributed by atoms with Gasteiger partial charge < -0.3 is 10.2 Å². The number of carbonyl (C=O) groups is 1. The number of hydrogen-bond acceptors (Lipinski definition) is 3. The molecule has 1 aliphatic heterocycles. The quantitative estimate of drug-likeness (QED) is 0.880. The average molecular weight is 337 g/mol. The van der Waals surface area contributed by atoms with Crippen LogP contribution in [0.5, 0.6) is 0 Å². The van der Waals surface area contributed by atoms with Crippen molar-refractivity contribution in [1.82, 2.24) is 9.80 Å². The third kappa shape index (κ3) is 5.15. The van der Waals surface area contributed by atoms with Gasteiger partial charge in [-0.05, 0) is 31.0 Å². The van der Waals surface area contributed by atoms with Gasteiger partial charge in [-0.25, -0.2) is 0 Å². The molecule has 0 unspecified atom stereocenters. The molecular weight excluding hydrogens is 310 g/mol. The van der Waals surface area contributed by atoms with Crippen molar-refractivity contribution in [2.24, 2.45) is 0 Å². The lowest BCUT2D eigenvalue weighted by Crippen LogP contribution is -2.53. The van der Waals surface area contributed by atoms with Crippen molar-refractivity contribution < 1.29 is 4.79 Å². The highest BCUT2D eigenvalue weighted by Gasteiger charge is 2.25. The minimum Gasteiger partial charge on any atom is -0.325 e. The molecule has 1 fully saturated rings. The van der Waals surface area contributed by atoms with Crippen LogP contribution in [0.3, 0.4) is 0 Å².